The number of ether oxygens (including phenoxy) is 2. The summed E-state index contributed by atoms with van der Waals surface area (Å²) in [7, 11) is 0. The summed E-state index contributed by atoms with van der Waals surface area (Å²) in [4.78, 5) is 15.8. The molecular weight excluding hydrogens is 572 g/mol. The van der Waals surface area contributed by atoms with Crippen LogP contribution < -0.4 is 5.32 Å². The summed E-state index contributed by atoms with van der Waals surface area (Å²) in [6.45, 7) is 0.598. The number of nitrogens with one attached hydrogen (secondary N) is 1. The first-order chi connectivity index (χ1) is 17.1. The van der Waals surface area contributed by atoms with Gasteiger partial charge in [-0.15, -0.1) is 0 Å². The Hall–Kier alpha value is -1.55. The summed E-state index contributed by atoms with van der Waals surface area (Å²) in [5, 5.41) is 12.5. The molecule has 1 amide bonds. The van der Waals surface area contributed by atoms with Crippen LogP contribution in [0.15, 0.2) is 54.9 Å². The first kappa shape index (κ1) is 27.5. The van der Waals surface area contributed by atoms with Gasteiger partial charge in [0.15, 0.2) is 11.4 Å². The Bertz CT molecular complexity index is 1180. The fraction of sp³-hybridized carbons (Fsp3) is 0.333. The summed E-state index contributed by atoms with van der Waals surface area (Å²) in [6, 6.07) is 15.0. The van der Waals surface area contributed by atoms with Crippen LogP contribution in [-0.2, 0) is 34.0 Å². The van der Waals surface area contributed by atoms with Crippen LogP contribution in [0.1, 0.15) is 41.1 Å². The van der Waals surface area contributed by atoms with E-state index in [2.05, 4.69) is 10.3 Å². The minimum absolute atomic E-state index is 0.0332. The van der Waals surface area contributed by atoms with Gasteiger partial charge in [0, 0.05) is 18.5 Å². The number of benzene rings is 2. The van der Waals surface area contributed by atoms with Gasteiger partial charge in [0.2, 0.25) is 0 Å². The van der Waals surface area contributed by atoms with E-state index in [1.165, 1.54) is 0 Å². The van der Waals surface area contributed by atoms with Gasteiger partial charge in [0.25, 0.3) is 9.70 Å². The van der Waals surface area contributed by atoms with Crippen molar-refractivity contribution in [1.82, 2.24) is 14.9 Å². The number of carbonyl (C=O) groups excluding carboxylic acids is 1. The number of hydrogen-bond donors (Lipinski definition) is 2. The third-order valence-corrected chi connectivity index (χ3v) is 6.99. The van der Waals surface area contributed by atoms with E-state index < -0.39 is 16.0 Å². The maximum atomic E-state index is 11.8. The topological polar surface area (TPSA) is 85.6 Å². The molecule has 2 heterocycles. The van der Waals surface area contributed by atoms with E-state index in [0.717, 1.165) is 22.3 Å². The molecule has 0 bridgehead atoms. The highest BCUT2D eigenvalue weighted by Crippen LogP contribution is 2.39. The highest BCUT2D eigenvalue weighted by molar-refractivity contribution is 6.76. The molecule has 3 aromatic rings. The highest BCUT2D eigenvalue weighted by atomic mass is 35.6. The molecule has 192 valence electrons. The van der Waals surface area contributed by atoms with Crippen LogP contribution in [0.2, 0.25) is 10.3 Å². The third-order valence-electron chi connectivity index (χ3n) is 5.71. The SMILES string of the molecule is O=C(NCc1ccc(C2OC(Cn3cnc(Cl)c3Cl)CC(c3ccc(CO)cc3)O2)cc1)C(Cl)(Cl)Cl. The molecule has 0 aliphatic carbocycles. The monoisotopic (exact) mass is 591 g/mol. The number of aliphatic hydroxyl groups excluding tert-OH is 1. The predicted molar refractivity (Wildman–Crippen MR) is 139 cm³/mol. The molecule has 1 fully saturated rings. The number of rotatable bonds is 7. The fourth-order valence-corrected chi connectivity index (χ4v) is 4.31. The molecule has 1 aromatic heterocycles. The summed E-state index contributed by atoms with van der Waals surface area (Å²) >= 11 is 29.1. The van der Waals surface area contributed by atoms with Crippen LogP contribution in [0.4, 0.5) is 0 Å². The smallest absolute Gasteiger partial charge is 0.272 e. The molecule has 0 saturated carbocycles. The van der Waals surface area contributed by atoms with Gasteiger partial charge in [0.1, 0.15) is 5.15 Å². The molecule has 1 saturated heterocycles. The third kappa shape index (κ3) is 6.85. The molecule has 0 spiro atoms. The lowest BCUT2D eigenvalue weighted by Crippen LogP contribution is -2.34. The second-order valence-corrected chi connectivity index (χ2v) is 11.2. The molecule has 36 heavy (non-hydrogen) atoms. The van der Waals surface area contributed by atoms with Gasteiger partial charge >= 0.3 is 0 Å². The van der Waals surface area contributed by atoms with E-state index in [1.807, 2.05) is 48.5 Å². The summed E-state index contributed by atoms with van der Waals surface area (Å²) in [6.07, 6.45) is 0.972. The lowest BCUT2D eigenvalue weighted by molar-refractivity contribution is -0.252. The molecule has 3 atom stereocenters. The number of alkyl halides is 3. The van der Waals surface area contributed by atoms with E-state index in [4.69, 9.17) is 67.5 Å². The van der Waals surface area contributed by atoms with Crippen molar-refractivity contribution in [2.24, 2.45) is 0 Å². The fourth-order valence-electron chi connectivity index (χ4n) is 3.80. The van der Waals surface area contributed by atoms with Gasteiger partial charge in [-0.3, -0.25) is 4.79 Å². The minimum atomic E-state index is -2.02. The van der Waals surface area contributed by atoms with Gasteiger partial charge in [-0.1, -0.05) is 107 Å². The Kier molecular flexibility index (Phi) is 9.07. The molecule has 12 heteroatoms. The Morgan fingerprint density at radius 2 is 1.67 bits per heavy atom. The quantitative estimate of drug-likeness (QED) is 0.333. The van der Waals surface area contributed by atoms with E-state index >= 15 is 0 Å². The average molecular weight is 594 g/mol. The molecule has 2 N–H and O–H groups in total. The highest BCUT2D eigenvalue weighted by Gasteiger charge is 2.33. The Balaban J connectivity index is 1.51. The zero-order valence-corrected chi connectivity index (χ0v) is 22.5. The van der Waals surface area contributed by atoms with Crippen LogP contribution in [0, 0.1) is 0 Å². The number of carbonyl (C=O) groups is 1. The van der Waals surface area contributed by atoms with E-state index in [0.29, 0.717) is 18.1 Å². The maximum absolute atomic E-state index is 11.8. The average Bonchev–Trinajstić information content (AvgIpc) is 3.19. The van der Waals surface area contributed by atoms with Gasteiger partial charge in [-0.05, 0) is 16.7 Å². The summed E-state index contributed by atoms with van der Waals surface area (Å²) < 4.78 is 12.3. The number of hydrogen-bond acceptors (Lipinski definition) is 5. The molecule has 4 rings (SSSR count). The number of halogens is 5. The molecular formula is C24H22Cl5N3O4. The van der Waals surface area contributed by atoms with Crippen molar-refractivity contribution in [2.45, 2.75) is 48.4 Å². The Morgan fingerprint density at radius 3 is 2.25 bits per heavy atom. The van der Waals surface area contributed by atoms with E-state index in [9.17, 15) is 9.90 Å². The second kappa shape index (κ2) is 11.9. The Labute approximate surface area is 233 Å². The van der Waals surface area contributed by atoms with Crippen LogP contribution >= 0.6 is 58.0 Å². The van der Waals surface area contributed by atoms with Gasteiger partial charge < -0.3 is 24.5 Å². The predicted octanol–water partition coefficient (Wildman–Crippen LogP) is 5.91. The first-order valence-corrected chi connectivity index (χ1v) is 12.8. The number of nitrogens with zero attached hydrogens (tertiary/aromatic N) is 2. The van der Waals surface area contributed by atoms with E-state index in [1.54, 1.807) is 10.9 Å². The van der Waals surface area contributed by atoms with Crippen molar-refractivity contribution in [3.8, 4) is 0 Å². The zero-order valence-electron chi connectivity index (χ0n) is 18.7. The molecule has 1 aliphatic rings. The van der Waals surface area contributed by atoms with Crippen molar-refractivity contribution in [1.29, 1.82) is 0 Å². The first-order valence-electron chi connectivity index (χ1n) is 10.9. The number of aliphatic hydroxyl groups is 1. The molecule has 3 unspecified atom stereocenters. The molecule has 0 radical (unpaired) electrons. The maximum Gasteiger partial charge on any atom is 0.272 e. The van der Waals surface area contributed by atoms with Crippen molar-refractivity contribution < 1.29 is 19.4 Å². The number of imidazole rings is 1. The zero-order chi connectivity index (χ0) is 25.9. The van der Waals surface area contributed by atoms with Crippen molar-refractivity contribution in [3.05, 3.63) is 87.4 Å². The van der Waals surface area contributed by atoms with Crippen molar-refractivity contribution in [2.75, 3.05) is 0 Å². The van der Waals surface area contributed by atoms with Crippen LogP contribution in [-0.4, -0.2) is 30.5 Å². The molecule has 7 nitrogen and oxygen atoms in total. The van der Waals surface area contributed by atoms with Crippen molar-refractivity contribution >= 4 is 63.9 Å². The Morgan fingerprint density at radius 1 is 1.03 bits per heavy atom. The van der Waals surface area contributed by atoms with Gasteiger partial charge in [-0.25, -0.2) is 4.98 Å². The lowest BCUT2D eigenvalue weighted by atomic mass is 10.00. The van der Waals surface area contributed by atoms with Crippen molar-refractivity contribution in [3.63, 3.8) is 0 Å². The van der Waals surface area contributed by atoms with Crippen LogP contribution in [0.25, 0.3) is 0 Å². The summed E-state index contributed by atoms with van der Waals surface area (Å²) in [5.74, 6) is -0.702. The standard InChI is InChI=1S/C24H22Cl5N3O4/c25-20-21(26)32(13-31-20)11-18-9-19(16-5-3-15(12-33)4-6-16)36-22(35-18)17-7-1-14(2-8-17)10-30-23(34)24(27,28)29/h1-8,13,18-19,22,33H,9-12H2,(H,30,34). The van der Waals surface area contributed by atoms with Gasteiger partial charge in [-0.2, -0.15) is 0 Å². The minimum Gasteiger partial charge on any atom is -0.392 e. The molecule has 1 aliphatic heterocycles. The van der Waals surface area contributed by atoms with E-state index in [-0.39, 0.29) is 30.5 Å². The number of amides is 1. The normalized spacial score (nSPS) is 20.3. The van der Waals surface area contributed by atoms with Crippen LogP contribution in [0.3, 0.4) is 0 Å². The molecule has 2 aromatic carbocycles. The second-order valence-electron chi connectivity index (χ2n) is 8.25. The van der Waals surface area contributed by atoms with Gasteiger partial charge in [0.05, 0.1) is 31.7 Å². The largest absolute Gasteiger partial charge is 0.392 e. The lowest BCUT2D eigenvalue weighted by Gasteiger charge is -2.36. The van der Waals surface area contributed by atoms with Crippen LogP contribution in [0.5, 0.6) is 0 Å². The summed E-state index contributed by atoms with van der Waals surface area (Å²) in [5.41, 5.74) is 3.38. The number of aromatic nitrogens is 2.